The Balaban J connectivity index is 2.52. The third-order valence-corrected chi connectivity index (χ3v) is 3.03. The summed E-state index contributed by atoms with van der Waals surface area (Å²) in [7, 11) is 2.59. The molecule has 0 fully saturated rings. The summed E-state index contributed by atoms with van der Waals surface area (Å²) in [5.41, 5.74) is 0.778. The van der Waals surface area contributed by atoms with Crippen molar-refractivity contribution in [3.8, 4) is 22.6 Å². The van der Waals surface area contributed by atoms with Crippen LogP contribution in [0.25, 0.3) is 11.1 Å². The molecule has 0 spiro atoms. The number of benzene rings is 2. The molecule has 0 bridgehead atoms. The topological polar surface area (TPSA) is 44.8 Å². The normalized spacial score (nSPS) is 11.0. The maximum Gasteiger partial charge on any atom is 0.573 e. The van der Waals surface area contributed by atoms with Crippen LogP contribution in [0.15, 0.2) is 42.5 Å². The molecule has 23 heavy (non-hydrogen) atoms. The van der Waals surface area contributed by atoms with Crippen LogP contribution in [0.1, 0.15) is 10.4 Å². The van der Waals surface area contributed by atoms with E-state index in [1.54, 1.807) is 6.07 Å². The number of alkyl halides is 3. The second kappa shape index (κ2) is 6.60. The second-order valence-corrected chi connectivity index (χ2v) is 4.45. The number of rotatable bonds is 4. The lowest BCUT2D eigenvalue weighted by Crippen LogP contribution is -2.17. The van der Waals surface area contributed by atoms with E-state index in [1.807, 2.05) is 0 Å². The summed E-state index contributed by atoms with van der Waals surface area (Å²) in [6.07, 6.45) is -4.81. The molecule has 2 rings (SSSR count). The average Bonchev–Trinajstić information content (AvgIpc) is 2.52. The van der Waals surface area contributed by atoms with Gasteiger partial charge < -0.3 is 14.2 Å². The summed E-state index contributed by atoms with van der Waals surface area (Å²) in [4.78, 5) is 11.5. The Bertz CT molecular complexity index is 711. The third-order valence-electron chi connectivity index (χ3n) is 3.03. The Kier molecular flexibility index (Phi) is 4.78. The Morgan fingerprint density at radius 3 is 2.22 bits per heavy atom. The Hall–Kier alpha value is -2.70. The van der Waals surface area contributed by atoms with Gasteiger partial charge in [-0.1, -0.05) is 18.2 Å². The fourth-order valence-electron chi connectivity index (χ4n) is 2.06. The molecule has 0 amide bonds. The van der Waals surface area contributed by atoms with E-state index in [-0.39, 0.29) is 22.6 Å². The van der Waals surface area contributed by atoms with Crippen molar-refractivity contribution in [1.29, 1.82) is 0 Å². The van der Waals surface area contributed by atoms with Crippen LogP contribution in [0.4, 0.5) is 13.2 Å². The summed E-state index contributed by atoms with van der Waals surface area (Å²) in [6.45, 7) is 0. The van der Waals surface area contributed by atoms with Crippen LogP contribution in [0, 0.1) is 0 Å². The van der Waals surface area contributed by atoms with Crippen molar-refractivity contribution in [2.24, 2.45) is 0 Å². The number of halogens is 3. The van der Waals surface area contributed by atoms with Gasteiger partial charge in [0.05, 0.1) is 19.8 Å². The first-order valence-electron chi connectivity index (χ1n) is 6.47. The standard InChI is InChI=1S/C16H13F3O4/c1-21-14-9-10(15(20)22-2)7-8-12(14)11-5-3-4-6-13(11)23-16(17,18)19/h3-9H,1-2H3. The fourth-order valence-corrected chi connectivity index (χ4v) is 2.06. The Morgan fingerprint density at radius 2 is 1.61 bits per heavy atom. The van der Waals surface area contributed by atoms with Crippen LogP contribution in [-0.4, -0.2) is 26.6 Å². The van der Waals surface area contributed by atoms with Crippen molar-refractivity contribution >= 4 is 5.97 Å². The van der Waals surface area contributed by atoms with Gasteiger partial charge in [-0.25, -0.2) is 4.79 Å². The van der Waals surface area contributed by atoms with Crippen molar-refractivity contribution < 1.29 is 32.2 Å². The molecule has 0 N–H and O–H groups in total. The zero-order valence-electron chi connectivity index (χ0n) is 12.3. The molecule has 7 heteroatoms. The van der Waals surface area contributed by atoms with E-state index in [0.717, 1.165) is 0 Å². The number of esters is 1. The van der Waals surface area contributed by atoms with Crippen molar-refractivity contribution in [3.05, 3.63) is 48.0 Å². The molecule has 0 aliphatic carbocycles. The number of hydrogen-bond donors (Lipinski definition) is 0. The zero-order valence-corrected chi connectivity index (χ0v) is 12.3. The monoisotopic (exact) mass is 326 g/mol. The summed E-state index contributed by atoms with van der Waals surface area (Å²) in [6, 6.07) is 9.99. The van der Waals surface area contributed by atoms with Crippen LogP contribution in [0.5, 0.6) is 11.5 Å². The molecular weight excluding hydrogens is 313 g/mol. The molecule has 0 saturated heterocycles. The number of ether oxygens (including phenoxy) is 3. The van der Waals surface area contributed by atoms with Gasteiger partial charge in [-0.05, 0) is 24.3 Å². The zero-order chi connectivity index (χ0) is 17.0. The van der Waals surface area contributed by atoms with Crippen LogP contribution < -0.4 is 9.47 Å². The number of carbonyl (C=O) groups excluding carboxylic acids is 1. The first kappa shape index (κ1) is 16.7. The quantitative estimate of drug-likeness (QED) is 0.795. The molecule has 122 valence electrons. The van der Waals surface area contributed by atoms with Crippen molar-refractivity contribution in [2.75, 3.05) is 14.2 Å². The number of methoxy groups -OCH3 is 2. The van der Waals surface area contributed by atoms with Gasteiger partial charge in [0.15, 0.2) is 0 Å². The molecule has 2 aromatic carbocycles. The first-order chi connectivity index (χ1) is 10.9. The molecule has 4 nitrogen and oxygen atoms in total. The largest absolute Gasteiger partial charge is 0.573 e. The predicted molar refractivity (Wildman–Crippen MR) is 76.5 cm³/mol. The van der Waals surface area contributed by atoms with Crippen molar-refractivity contribution in [1.82, 2.24) is 0 Å². The fraction of sp³-hybridized carbons (Fsp3) is 0.188. The predicted octanol–water partition coefficient (Wildman–Crippen LogP) is 4.05. The average molecular weight is 326 g/mol. The molecule has 0 heterocycles. The van der Waals surface area contributed by atoms with E-state index in [0.29, 0.717) is 5.56 Å². The van der Waals surface area contributed by atoms with Gasteiger partial charge >= 0.3 is 12.3 Å². The van der Waals surface area contributed by atoms with Gasteiger partial charge in [0, 0.05) is 11.1 Å². The lowest BCUT2D eigenvalue weighted by molar-refractivity contribution is -0.274. The third kappa shape index (κ3) is 3.94. The number of carbonyl (C=O) groups is 1. The van der Waals surface area contributed by atoms with Gasteiger partial charge in [0.25, 0.3) is 0 Å². The number of para-hydroxylation sites is 1. The molecule has 0 unspecified atom stereocenters. The smallest absolute Gasteiger partial charge is 0.496 e. The molecule has 0 aliphatic heterocycles. The van der Waals surface area contributed by atoms with Gasteiger partial charge in [-0.15, -0.1) is 13.2 Å². The molecule has 0 saturated carbocycles. The molecule has 0 atom stereocenters. The van der Waals surface area contributed by atoms with E-state index in [9.17, 15) is 18.0 Å². The Morgan fingerprint density at radius 1 is 0.957 bits per heavy atom. The van der Waals surface area contributed by atoms with Crippen LogP contribution in [0.3, 0.4) is 0 Å². The highest BCUT2D eigenvalue weighted by atomic mass is 19.4. The van der Waals surface area contributed by atoms with E-state index >= 15 is 0 Å². The van der Waals surface area contributed by atoms with Crippen molar-refractivity contribution in [3.63, 3.8) is 0 Å². The molecule has 0 aromatic heterocycles. The van der Waals surface area contributed by atoms with E-state index in [1.165, 1.54) is 50.6 Å². The van der Waals surface area contributed by atoms with Crippen LogP contribution in [0.2, 0.25) is 0 Å². The van der Waals surface area contributed by atoms with E-state index in [2.05, 4.69) is 9.47 Å². The minimum atomic E-state index is -4.81. The second-order valence-electron chi connectivity index (χ2n) is 4.45. The molecular formula is C16H13F3O4. The van der Waals surface area contributed by atoms with Gasteiger partial charge in [0.2, 0.25) is 0 Å². The highest BCUT2D eigenvalue weighted by molar-refractivity contribution is 5.91. The minimum Gasteiger partial charge on any atom is -0.496 e. The lowest BCUT2D eigenvalue weighted by atomic mass is 10.0. The van der Waals surface area contributed by atoms with Gasteiger partial charge in [-0.2, -0.15) is 0 Å². The van der Waals surface area contributed by atoms with Gasteiger partial charge in [-0.3, -0.25) is 0 Å². The minimum absolute atomic E-state index is 0.193. The summed E-state index contributed by atoms with van der Waals surface area (Å²) in [5, 5.41) is 0. The lowest BCUT2D eigenvalue weighted by Gasteiger charge is -2.15. The maximum atomic E-state index is 12.5. The summed E-state index contributed by atoms with van der Waals surface area (Å²) < 4.78 is 51.4. The van der Waals surface area contributed by atoms with Gasteiger partial charge in [0.1, 0.15) is 11.5 Å². The van der Waals surface area contributed by atoms with Crippen LogP contribution >= 0.6 is 0 Å². The first-order valence-corrected chi connectivity index (χ1v) is 6.47. The van der Waals surface area contributed by atoms with Crippen molar-refractivity contribution in [2.45, 2.75) is 6.36 Å². The molecule has 2 aromatic rings. The number of hydrogen-bond acceptors (Lipinski definition) is 4. The van der Waals surface area contributed by atoms with Crippen LogP contribution in [-0.2, 0) is 4.74 Å². The highest BCUT2D eigenvalue weighted by Crippen LogP contribution is 2.38. The Labute approximate surface area is 130 Å². The molecule has 0 radical (unpaired) electrons. The van der Waals surface area contributed by atoms with E-state index in [4.69, 9.17) is 4.74 Å². The molecule has 0 aliphatic rings. The SMILES string of the molecule is COC(=O)c1ccc(-c2ccccc2OC(F)(F)F)c(OC)c1. The summed E-state index contributed by atoms with van der Waals surface area (Å²) in [5.74, 6) is -0.704. The van der Waals surface area contributed by atoms with E-state index < -0.39 is 12.3 Å². The highest BCUT2D eigenvalue weighted by Gasteiger charge is 2.32. The summed E-state index contributed by atoms with van der Waals surface area (Å²) >= 11 is 0. The maximum absolute atomic E-state index is 12.5.